The lowest BCUT2D eigenvalue weighted by Gasteiger charge is -2.13. The Morgan fingerprint density at radius 3 is 2.69 bits per heavy atom. The van der Waals surface area contributed by atoms with Crippen LogP contribution < -0.4 is 10.6 Å². The number of hydrogen-bond acceptors (Lipinski definition) is 3. The van der Waals surface area contributed by atoms with Crippen LogP contribution in [0.15, 0.2) is 0 Å². The van der Waals surface area contributed by atoms with E-state index in [4.69, 9.17) is 0 Å². The first kappa shape index (κ1) is 13.5. The minimum Gasteiger partial charge on any atom is -0.391 e. The van der Waals surface area contributed by atoms with Crippen LogP contribution >= 0.6 is 0 Å². The van der Waals surface area contributed by atoms with Gasteiger partial charge in [0.15, 0.2) is 0 Å². The van der Waals surface area contributed by atoms with Gasteiger partial charge in [0.1, 0.15) is 0 Å². The molecule has 0 saturated heterocycles. The zero-order chi connectivity index (χ0) is 12.0. The zero-order valence-corrected chi connectivity index (χ0v) is 10.3. The quantitative estimate of drug-likeness (QED) is 0.572. The molecule has 4 heteroatoms. The standard InChI is InChI=1S/C12H24N2O2/c1-9(2)7-11(15)8-14-12(16)5-6-13-10-3-4-10/h9-11,13,15H,3-8H2,1-2H3,(H,14,16). The molecule has 1 fully saturated rings. The Morgan fingerprint density at radius 2 is 2.12 bits per heavy atom. The van der Waals surface area contributed by atoms with Gasteiger partial charge >= 0.3 is 0 Å². The fraction of sp³-hybridized carbons (Fsp3) is 0.917. The van der Waals surface area contributed by atoms with Crippen molar-refractivity contribution in [3.63, 3.8) is 0 Å². The molecule has 1 unspecified atom stereocenters. The number of aliphatic hydroxyl groups excluding tert-OH is 1. The van der Waals surface area contributed by atoms with Crippen molar-refractivity contribution in [1.29, 1.82) is 0 Å². The number of amides is 1. The van der Waals surface area contributed by atoms with Crippen LogP contribution in [0, 0.1) is 5.92 Å². The van der Waals surface area contributed by atoms with Crippen LogP contribution in [0.2, 0.25) is 0 Å². The van der Waals surface area contributed by atoms with Crippen molar-refractivity contribution >= 4 is 5.91 Å². The van der Waals surface area contributed by atoms with Crippen LogP contribution in [-0.4, -0.2) is 36.2 Å². The highest BCUT2D eigenvalue weighted by molar-refractivity contribution is 5.76. The molecule has 1 rings (SSSR count). The summed E-state index contributed by atoms with van der Waals surface area (Å²) in [6.45, 7) is 5.24. The predicted octanol–water partition coefficient (Wildman–Crippen LogP) is 0.652. The van der Waals surface area contributed by atoms with Crippen molar-refractivity contribution in [3.8, 4) is 0 Å². The average Bonchev–Trinajstić information content (AvgIpc) is 2.97. The molecule has 1 atom stereocenters. The summed E-state index contributed by atoms with van der Waals surface area (Å²) in [5, 5.41) is 15.6. The van der Waals surface area contributed by atoms with E-state index in [-0.39, 0.29) is 5.91 Å². The molecular weight excluding hydrogens is 204 g/mol. The second kappa shape index (κ2) is 6.86. The molecule has 0 aromatic rings. The van der Waals surface area contributed by atoms with E-state index in [0.29, 0.717) is 24.9 Å². The molecule has 1 amide bonds. The van der Waals surface area contributed by atoms with Gasteiger partial charge in [0, 0.05) is 25.6 Å². The van der Waals surface area contributed by atoms with Crippen LogP contribution in [0.5, 0.6) is 0 Å². The first-order valence-corrected chi connectivity index (χ1v) is 6.26. The Morgan fingerprint density at radius 1 is 1.44 bits per heavy atom. The van der Waals surface area contributed by atoms with Crippen LogP contribution in [-0.2, 0) is 4.79 Å². The Bertz CT molecular complexity index is 215. The smallest absolute Gasteiger partial charge is 0.221 e. The van der Waals surface area contributed by atoms with E-state index in [1.54, 1.807) is 0 Å². The molecule has 0 aliphatic heterocycles. The minimum absolute atomic E-state index is 0.0240. The van der Waals surface area contributed by atoms with E-state index in [0.717, 1.165) is 13.0 Å². The summed E-state index contributed by atoms with van der Waals surface area (Å²) in [5.41, 5.74) is 0. The van der Waals surface area contributed by atoms with E-state index in [1.165, 1.54) is 12.8 Å². The Labute approximate surface area is 97.8 Å². The average molecular weight is 228 g/mol. The Kier molecular flexibility index (Phi) is 5.77. The minimum atomic E-state index is -0.416. The first-order valence-electron chi connectivity index (χ1n) is 6.26. The van der Waals surface area contributed by atoms with Crippen molar-refractivity contribution in [2.45, 2.75) is 51.7 Å². The third-order valence-electron chi connectivity index (χ3n) is 2.64. The normalized spacial score (nSPS) is 17.5. The highest BCUT2D eigenvalue weighted by Crippen LogP contribution is 2.18. The van der Waals surface area contributed by atoms with Gasteiger partial charge in [-0.15, -0.1) is 0 Å². The maximum absolute atomic E-state index is 11.4. The SMILES string of the molecule is CC(C)CC(O)CNC(=O)CCNC1CC1. The summed E-state index contributed by atoms with van der Waals surface area (Å²) in [6, 6.07) is 0.652. The third-order valence-corrected chi connectivity index (χ3v) is 2.64. The van der Waals surface area contributed by atoms with Crippen molar-refractivity contribution in [1.82, 2.24) is 10.6 Å². The van der Waals surface area contributed by atoms with Gasteiger partial charge in [0.05, 0.1) is 6.10 Å². The Hall–Kier alpha value is -0.610. The van der Waals surface area contributed by atoms with E-state index >= 15 is 0 Å². The largest absolute Gasteiger partial charge is 0.391 e. The fourth-order valence-corrected chi connectivity index (χ4v) is 1.62. The van der Waals surface area contributed by atoms with Crippen molar-refractivity contribution in [2.24, 2.45) is 5.92 Å². The lowest BCUT2D eigenvalue weighted by atomic mass is 10.1. The topological polar surface area (TPSA) is 61.4 Å². The van der Waals surface area contributed by atoms with Gasteiger partial charge in [-0.05, 0) is 25.2 Å². The summed E-state index contributed by atoms with van der Waals surface area (Å²) < 4.78 is 0. The van der Waals surface area contributed by atoms with Gasteiger partial charge in [-0.2, -0.15) is 0 Å². The first-order chi connectivity index (χ1) is 7.58. The molecule has 0 radical (unpaired) electrons. The molecule has 0 bridgehead atoms. The second-order valence-electron chi connectivity index (χ2n) is 5.07. The van der Waals surface area contributed by atoms with Crippen LogP contribution in [0.3, 0.4) is 0 Å². The molecule has 0 heterocycles. The summed E-state index contributed by atoms with van der Waals surface area (Å²) >= 11 is 0. The molecule has 1 aliphatic rings. The summed E-state index contributed by atoms with van der Waals surface area (Å²) in [5.74, 6) is 0.486. The zero-order valence-electron chi connectivity index (χ0n) is 10.3. The van der Waals surface area contributed by atoms with Crippen molar-refractivity contribution in [2.75, 3.05) is 13.1 Å². The van der Waals surface area contributed by atoms with Gasteiger partial charge in [0.25, 0.3) is 0 Å². The highest BCUT2D eigenvalue weighted by Gasteiger charge is 2.20. The van der Waals surface area contributed by atoms with Gasteiger partial charge in [-0.25, -0.2) is 0 Å². The maximum atomic E-state index is 11.4. The Balaban J connectivity index is 1.95. The molecule has 0 spiro atoms. The molecule has 16 heavy (non-hydrogen) atoms. The highest BCUT2D eigenvalue weighted by atomic mass is 16.3. The lowest BCUT2D eigenvalue weighted by Crippen LogP contribution is -2.34. The van der Waals surface area contributed by atoms with Gasteiger partial charge in [-0.1, -0.05) is 13.8 Å². The van der Waals surface area contributed by atoms with Gasteiger partial charge in [-0.3, -0.25) is 4.79 Å². The van der Waals surface area contributed by atoms with E-state index in [1.807, 2.05) is 0 Å². The molecule has 3 N–H and O–H groups in total. The summed E-state index contributed by atoms with van der Waals surface area (Å²) in [6.07, 6.45) is 3.31. The third kappa shape index (κ3) is 6.80. The number of carbonyl (C=O) groups is 1. The van der Waals surface area contributed by atoms with Gasteiger partial charge in [0.2, 0.25) is 5.91 Å². The molecular formula is C12H24N2O2. The van der Waals surface area contributed by atoms with E-state index < -0.39 is 6.10 Å². The maximum Gasteiger partial charge on any atom is 0.221 e. The number of aliphatic hydroxyl groups is 1. The van der Waals surface area contributed by atoms with Crippen LogP contribution in [0.4, 0.5) is 0 Å². The lowest BCUT2D eigenvalue weighted by molar-refractivity contribution is -0.121. The number of carbonyl (C=O) groups excluding carboxylic acids is 1. The monoisotopic (exact) mass is 228 g/mol. The van der Waals surface area contributed by atoms with Gasteiger partial charge < -0.3 is 15.7 Å². The van der Waals surface area contributed by atoms with Crippen LogP contribution in [0.1, 0.15) is 39.5 Å². The number of nitrogens with one attached hydrogen (secondary N) is 2. The number of hydrogen-bond donors (Lipinski definition) is 3. The predicted molar refractivity (Wildman–Crippen MR) is 64.1 cm³/mol. The summed E-state index contributed by atoms with van der Waals surface area (Å²) in [4.78, 5) is 11.4. The molecule has 1 aliphatic carbocycles. The van der Waals surface area contributed by atoms with Crippen molar-refractivity contribution < 1.29 is 9.90 Å². The molecule has 0 aromatic heterocycles. The van der Waals surface area contributed by atoms with E-state index in [9.17, 15) is 9.90 Å². The summed E-state index contributed by atoms with van der Waals surface area (Å²) in [7, 11) is 0. The fourth-order valence-electron chi connectivity index (χ4n) is 1.62. The van der Waals surface area contributed by atoms with Crippen LogP contribution in [0.25, 0.3) is 0 Å². The molecule has 94 valence electrons. The molecule has 0 aromatic carbocycles. The van der Waals surface area contributed by atoms with E-state index in [2.05, 4.69) is 24.5 Å². The second-order valence-corrected chi connectivity index (χ2v) is 5.07. The van der Waals surface area contributed by atoms with Crippen molar-refractivity contribution in [3.05, 3.63) is 0 Å². The number of rotatable bonds is 8. The molecule has 1 saturated carbocycles. The molecule has 4 nitrogen and oxygen atoms in total.